The molecule has 0 saturated carbocycles. The van der Waals surface area contributed by atoms with Crippen molar-refractivity contribution in [3.63, 3.8) is 0 Å². The minimum Gasteiger partial charge on any atom is -0.545 e. The molecule has 0 fully saturated rings. The van der Waals surface area contributed by atoms with Gasteiger partial charge >= 0.3 is 16.8 Å². The minimum atomic E-state index is 0. The summed E-state index contributed by atoms with van der Waals surface area (Å²) in [6.45, 7) is 3.25. The maximum absolute atomic E-state index is 7.75. The van der Waals surface area contributed by atoms with Gasteiger partial charge in [-0.25, -0.2) is 0 Å². The molecule has 0 aliphatic rings. The van der Waals surface area contributed by atoms with Crippen LogP contribution in [0.15, 0.2) is 0 Å². The first-order valence-corrected chi connectivity index (χ1v) is 0.236. The second kappa shape index (κ2) is 483. The van der Waals surface area contributed by atoms with E-state index in [1.54, 1.807) is 0 Å². The third-order valence-electron chi connectivity index (χ3n) is 0. The summed E-state index contributed by atoms with van der Waals surface area (Å²) in [6, 6.07) is 0. The zero-order chi connectivity index (χ0) is 2.00. The summed E-state index contributed by atoms with van der Waals surface area (Å²) in [5.74, 6) is 0. The van der Waals surface area contributed by atoms with Crippen molar-refractivity contribution >= 4 is 6.79 Å². The standard InChI is InChI=1S/CHO.CH3.Co/c1-2;;/h1H;1H3;/q2*-1;+2. The van der Waals surface area contributed by atoms with Gasteiger partial charge in [0.05, 0.1) is 0 Å². The van der Waals surface area contributed by atoms with E-state index >= 15 is 0 Å². The Balaban J connectivity index is -0.00000000500. The molecule has 0 aromatic carbocycles. The van der Waals surface area contributed by atoms with Crippen molar-refractivity contribution in [1.82, 2.24) is 0 Å². The van der Waals surface area contributed by atoms with Gasteiger partial charge in [-0.05, 0) is 0 Å². The van der Waals surface area contributed by atoms with Crippen molar-refractivity contribution < 1.29 is 21.6 Å². The van der Waals surface area contributed by atoms with Crippen LogP contribution in [0.25, 0.3) is 0 Å². The van der Waals surface area contributed by atoms with Crippen LogP contribution in [0.2, 0.25) is 0 Å². The van der Waals surface area contributed by atoms with Gasteiger partial charge in [0.25, 0.3) is 0 Å². The molecule has 1 nitrogen and oxygen atoms in total. The molecule has 0 N–H and O–H groups in total. The van der Waals surface area contributed by atoms with Crippen LogP contribution in [-0.4, -0.2) is 6.79 Å². The number of hydrogen-bond acceptors (Lipinski definition) is 1. The summed E-state index contributed by atoms with van der Waals surface area (Å²) < 4.78 is 0. The quantitative estimate of drug-likeness (QED) is 0.315. The van der Waals surface area contributed by atoms with Crippen molar-refractivity contribution in [2.24, 2.45) is 0 Å². The largest absolute Gasteiger partial charge is 2.00 e. The van der Waals surface area contributed by atoms with Crippen molar-refractivity contribution in [3.8, 4) is 0 Å². The molecule has 0 bridgehead atoms. The van der Waals surface area contributed by atoms with Crippen molar-refractivity contribution in [2.75, 3.05) is 0 Å². The van der Waals surface area contributed by atoms with Crippen molar-refractivity contribution in [2.45, 2.75) is 0 Å². The summed E-state index contributed by atoms with van der Waals surface area (Å²) in [5, 5.41) is 0. The second-order valence-corrected chi connectivity index (χ2v) is 0. The molecule has 0 amide bonds. The summed E-state index contributed by atoms with van der Waals surface area (Å²) in [5.41, 5.74) is 0. The molecule has 0 spiro atoms. The molecule has 0 aromatic rings. The van der Waals surface area contributed by atoms with E-state index < -0.39 is 0 Å². The molecule has 0 unspecified atom stereocenters. The van der Waals surface area contributed by atoms with E-state index in [9.17, 15) is 0 Å². The van der Waals surface area contributed by atoms with Gasteiger partial charge in [0.1, 0.15) is 0 Å². The van der Waals surface area contributed by atoms with E-state index in [0.29, 0.717) is 0 Å². The Bertz CT molecular complexity index is 6.00. The SMILES string of the molecule is [CH-]=O.[CH3-].[Co+2]. The molecule has 4 heavy (non-hydrogen) atoms. The average Bonchev–Trinajstić information content (AvgIpc) is 1.00. The Kier molecular flexibility index (Phi) is 3680. The Hall–Kier alpha value is 0.176. The fraction of sp³-hybridized carbons (Fsp3) is 0. The van der Waals surface area contributed by atoms with Gasteiger partial charge in [-0.15, -0.1) is 0 Å². The summed E-state index contributed by atoms with van der Waals surface area (Å²) in [6.07, 6.45) is 0. The molecular weight excluding hydrogens is 99.0 g/mol. The molecule has 0 aliphatic carbocycles. The zero-order valence-electron chi connectivity index (χ0n) is 2.32. The molecule has 0 atom stereocenters. The Morgan fingerprint density at radius 2 is 1.25 bits per heavy atom. The third-order valence-corrected chi connectivity index (χ3v) is 0. The molecular formula is C2H4CoO. The fourth-order valence-electron chi connectivity index (χ4n) is 0. The van der Waals surface area contributed by atoms with Gasteiger partial charge in [-0.3, -0.25) is 6.79 Å². The van der Waals surface area contributed by atoms with Gasteiger partial charge in [0.15, 0.2) is 0 Å². The van der Waals surface area contributed by atoms with E-state index in [2.05, 4.69) is 6.79 Å². The second-order valence-electron chi connectivity index (χ2n) is 0. The van der Waals surface area contributed by atoms with Crippen LogP contribution in [0.4, 0.5) is 0 Å². The normalized spacial score (nSPS) is 1.00. The maximum Gasteiger partial charge on any atom is 2.00 e. The van der Waals surface area contributed by atoms with Gasteiger partial charge in [-0.2, -0.15) is 0 Å². The summed E-state index contributed by atoms with van der Waals surface area (Å²) in [7, 11) is 0. The van der Waals surface area contributed by atoms with E-state index in [1.807, 2.05) is 0 Å². The Morgan fingerprint density at radius 1 is 1.25 bits per heavy atom. The van der Waals surface area contributed by atoms with Crippen LogP contribution >= 0.6 is 0 Å². The van der Waals surface area contributed by atoms with Crippen LogP contribution in [-0.2, 0) is 21.6 Å². The predicted octanol–water partition coefficient (Wildman–Crippen LogP) is 0.174. The molecule has 2 heteroatoms. The average molecular weight is 103 g/mol. The first-order chi connectivity index (χ1) is 1.00. The maximum atomic E-state index is 7.75. The van der Waals surface area contributed by atoms with Gasteiger partial charge < -0.3 is 12.2 Å². The van der Waals surface area contributed by atoms with Crippen LogP contribution in [0, 0.1) is 7.43 Å². The summed E-state index contributed by atoms with van der Waals surface area (Å²) >= 11 is 0. The molecule has 0 saturated heterocycles. The van der Waals surface area contributed by atoms with E-state index in [0.717, 1.165) is 0 Å². The van der Waals surface area contributed by atoms with Crippen LogP contribution in [0.5, 0.6) is 0 Å². The molecule has 0 aliphatic heterocycles. The minimum absolute atomic E-state index is 0. The van der Waals surface area contributed by atoms with Crippen molar-refractivity contribution in [1.29, 1.82) is 0 Å². The Morgan fingerprint density at radius 3 is 1.25 bits per heavy atom. The monoisotopic (exact) mass is 103 g/mol. The van der Waals surface area contributed by atoms with E-state index in [4.69, 9.17) is 4.79 Å². The first-order valence-electron chi connectivity index (χ1n) is 0.236. The van der Waals surface area contributed by atoms with Gasteiger partial charge in [-0.1, -0.05) is 0 Å². The number of hydrogen-bond donors (Lipinski definition) is 0. The number of rotatable bonds is 0. The molecule has 0 heterocycles. The molecule has 0 rings (SSSR count). The number of carbonyl (C=O) groups excluding carboxylic acids is 1. The van der Waals surface area contributed by atoms with Crippen LogP contribution in [0.1, 0.15) is 0 Å². The first kappa shape index (κ1) is 30.4. The topological polar surface area (TPSA) is 17.1 Å². The zero-order valence-corrected chi connectivity index (χ0v) is 3.36. The Labute approximate surface area is 36.6 Å². The van der Waals surface area contributed by atoms with Crippen molar-refractivity contribution in [3.05, 3.63) is 7.43 Å². The fourth-order valence-corrected chi connectivity index (χ4v) is 0. The van der Waals surface area contributed by atoms with Gasteiger partial charge in [0, 0.05) is 0 Å². The van der Waals surface area contributed by atoms with E-state index in [-0.39, 0.29) is 24.2 Å². The smallest absolute Gasteiger partial charge is 0.545 e. The third kappa shape index (κ3) is 96.7. The van der Waals surface area contributed by atoms with Gasteiger partial charge in [0.2, 0.25) is 0 Å². The summed E-state index contributed by atoms with van der Waals surface area (Å²) in [4.78, 5) is 7.75. The molecule has 0 aromatic heterocycles. The van der Waals surface area contributed by atoms with Crippen LogP contribution in [0.3, 0.4) is 0 Å². The molecule has 27 valence electrons. The predicted molar refractivity (Wildman–Crippen MR) is 13.2 cm³/mol. The van der Waals surface area contributed by atoms with Crippen LogP contribution < -0.4 is 0 Å². The van der Waals surface area contributed by atoms with E-state index in [1.165, 1.54) is 0 Å². The molecule has 1 radical (unpaired) electrons.